The lowest BCUT2D eigenvalue weighted by molar-refractivity contribution is -0.118. The third kappa shape index (κ3) is 2.73. The number of nitrogens with two attached hydrogens (primary N) is 2. The minimum absolute atomic E-state index is 0.00257. The summed E-state index contributed by atoms with van der Waals surface area (Å²) >= 11 is 1.53. The highest BCUT2D eigenvalue weighted by molar-refractivity contribution is 8.02. The van der Waals surface area contributed by atoms with Gasteiger partial charge in [0, 0.05) is 17.6 Å². The van der Waals surface area contributed by atoms with Crippen molar-refractivity contribution >= 4 is 35.0 Å². The first kappa shape index (κ1) is 15.6. The Labute approximate surface area is 140 Å². The van der Waals surface area contributed by atoms with Gasteiger partial charge in [0.25, 0.3) is 0 Å². The van der Waals surface area contributed by atoms with Crippen LogP contribution in [0, 0.1) is 0 Å². The van der Waals surface area contributed by atoms with E-state index in [0.29, 0.717) is 0 Å². The van der Waals surface area contributed by atoms with Crippen LogP contribution in [0.3, 0.4) is 0 Å². The number of Topliss-reactive ketones (excluding diaryl/α,β-unsaturated/α-hetero) is 1. The van der Waals surface area contributed by atoms with Gasteiger partial charge in [0.1, 0.15) is 0 Å². The van der Waals surface area contributed by atoms with Gasteiger partial charge in [-0.1, -0.05) is 42.1 Å². The highest BCUT2D eigenvalue weighted by Gasteiger charge is 2.46. The van der Waals surface area contributed by atoms with Gasteiger partial charge >= 0.3 is 0 Å². The first-order valence-electron chi connectivity index (χ1n) is 7.37. The number of ketones is 1. The summed E-state index contributed by atoms with van der Waals surface area (Å²) in [5.74, 6) is -0.0205. The van der Waals surface area contributed by atoms with Crippen molar-refractivity contribution in [2.24, 2.45) is 5.73 Å². The summed E-state index contributed by atoms with van der Waals surface area (Å²) in [7, 11) is 1.93. The number of carbonyl (C=O) groups is 1. The van der Waals surface area contributed by atoms with Crippen molar-refractivity contribution in [3.63, 3.8) is 0 Å². The molecule has 23 heavy (non-hydrogen) atoms. The lowest BCUT2D eigenvalue weighted by atomic mass is 10.1. The van der Waals surface area contributed by atoms with Gasteiger partial charge in [-0.05, 0) is 35.9 Å². The molecule has 4 nitrogen and oxygen atoms in total. The van der Waals surface area contributed by atoms with Crippen molar-refractivity contribution in [1.29, 1.82) is 0 Å². The minimum Gasteiger partial charge on any atom is -0.399 e. The van der Waals surface area contributed by atoms with Crippen LogP contribution in [0.25, 0.3) is 6.08 Å². The molecule has 3 rings (SSSR count). The predicted octanol–water partition coefficient (Wildman–Crippen LogP) is 2.75. The molecule has 1 aliphatic heterocycles. The highest BCUT2D eigenvalue weighted by atomic mass is 32.2. The summed E-state index contributed by atoms with van der Waals surface area (Å²) in [4.78, 5) is 14.9. The van der Waals surface area contributed by atoms with Crippen LogP contribution >= 0.6 is 11.8 Å². The second-order valence-electron chi connectivity index (χ2n) is 5.45. The van der Waals surface area contributed by atoms with Crippen LogP contribution in [0.1, 0.15) is 5.56 Å². The summed E-state index contributed by atoms with van der Waals surface area (Å²) < 4.78 is 0. The zero-order valence-electron chi connectivity index (χ0n) is 12.9. The number of benzene rings is 2. The fraction of sp³-hybridized carbons (Fsp3) is 0.167. The van der Waals surface area contributed by atoms with Gasteiger partial charge in [-0.3, -0.25) is 4.79 Å². The van der Waals surface area contributed by atoms with E-state index in [1.807, 2.05) is 72.6 Å². The fourth-order valence-electron chi connectivity index (χ4n) is 2.68. The number of nitrogens with zero attached hydrogens (tertiary/aromatic N) is 1. The monoisotopic (exact) mass is 325 g/mol. The van der Waals surface area contributed by atoms with E-state index in [1.165, 1.54) is 11.8 Å². The van der Waals surface area contributed by atoms with Crippen LogP contribution in [-0.2, 0) is 4.79 Å². The number of hydrogen-bond donors (Lipinski definition) is 2. The Kier molecular flexibility index (Phi) is 4.15. The first-order chi connectivity index (χ1) is 11.1. The molecule has 2 aromatic carbocycles. The zero-order chi connectivity index (χ0) is 16.4. The number of para-hydroxylation sites is 1. The summed E-state index contributed by atoms with van der Waals surface area (Å²) in [6.07, 6.45) is 3.88. The maximum atomic E-state index is 12.6. The molecule has 2 aromatic rings. The number of anilines is 2. The van der Waals surface area contributed by atoms with Crippen LogP contribution in [0.5, 0.6) is 0 Å². The average molecular weight is 325 g/mol. The molecule has 0 saturated heterocycles. The third-order valence-electron chi connectivity index (χ3n) is 4.01. The fourth-order valence-corrected chi connectivity index (χ4v) is 4.04. The summed E-state index contributed by atoms with van der Waals surface area (Å²) in [5.41, 5.74) is 14.2. The maximum Gasteiger partial charge on any atom is 0.186 e. The molecule has 0 spiro atoms. The van der Waals surface area contributed by atoms with E-state index < -0.39 is 4.87 Å². The number of fused-ring (bicyclic) bond motifs is 1. The number of hydrogen-bond acceptors (Lipinski definition) is 5. The molecule has 1 atom stereocenters. The summed E-state index contributed by atoms with van der Waals surface area (Å²) in [6.45, 7) is -0.00257. The second kappa shape index (κ2) is 6.10. The van der Waals surface area contributed by atoms with Gasteiger partial charge in [-0.2, -0.15) is 0 Å². The van der Waals surface area contributed by atoms with Crippen LogP contribution in [-0.4, -0.2) is 24.2 Å². The van der Waals surface area contributed by atoms with Crippen molar-refractivity contribution in [3.05, 3.63) is 60.2 Å². The molecule has 0 aliphatic carbocycles. The Hall–Kier alpha value is -2.24. The van der Waals surface area contributed by atoms with E-state index in [4.69, 9.17) is 11.5 Å². The van der Waals surface area contributed by atoms with Gasteiger partial charge < -0.3 is 16.4 Å². The summed E-state index contributed by atoms with van der Waals surface area (Å²) in [6, 6.07) is 15.5. The number of likely N-dealkylation sites (N-methyl/N-ethyl adjacent to an activating group) is 1. The molecule has 118 valence electrons. The SMILES string of the molecule is CN1c2ccccc2SC1(/C=C/c1ccc(N)cc1)C(=O)CN. The predicted molar refractivity (Wildman–Crippen MR) is 97.4 cm³/mol. The lowest BCUT2D eigenvalue weighted by Crippen LogP contribution is -2.48. The molecular formula is C18H19N3OS. The molecule has 0 fully saturated rings. The molecule has 1 heterocycles. The topological polar surface area (TPSA) is 72.3 Å². The van der Waals surface area contributed by atoms with E-state index in [0.717, 1.165) is 21.8 Å². The van der Waals surface area contributed by atoms with Crippen molar-refractivity contribution in [1.82, 2.24) is 0 Å². The van der Waals surface area contributed by atoms with Crippen LogP contribution < -0.4 is 16.4 Å². The standard InChI is InChI=1S/C18H19N3OS/c1-21-15-4-2-3-5-16(15)23-18(21,17(22)12-19)11-10-13-6-8-14(20)9-7-13/h2-11H,12,19-20H2,1H3/b11-10+. The molecular weight excluding hydrogens is 306 g/mol. The number of carbonyl (C=O) groups excluding carboxylic acids is 1. The molecule has 4 N–H and O–H groups in total. The summed E-state index contributed by atoms with van der Waals surface area (Å²) in [5, 5.41) is 0. The highest BCUT2D eigenvalue weighted by Crippen LogP contribution is 2.50. The van der Waals surface area contributed by atoms with Gasteiger partial charge in [0.15, 0.2) is 10.7 Å². The molecule has 1 unspecified atom stereocenters. The van der Waals surface area contributed by atoms with Crippen molar-refractivity contribution in [2.75, 3.05) is 24.2 Å². The third-order valence-corrected chi connectivity index (χ3v) is 5.53. The van der Waals surface area contributed by atoms with E-state index in [-0.39, 0.29) is 12.3 Å². The number of thioether (sulfide) groups is 1. The molecule has 1 aliphatic rings. The minimum atomic E-state index is -0.806. The van der Waals surface area contributed by atoms with Crippen LogP contribution in [0.2, 0.25) is 0 Å². The molecule has 0 amide bonds. The van der Waals surface area contributed by atoms with Crippen molar-refractivity contribution in [2.45, 2.75) is 9.77 Å². The van der Waals surface area contributed by atoms with E-state index in [2.05, 4.69) is 0 Å². The molecule has 0 radical (unpaired) electrons. The van der Waals surface area contributed by atoms with Gasteiger partial charge in [0.2, 0.25) is 0 Å². The van der Waals surface area contributed by atoms with Crippen LogP contribution in [0.4, 0.5) is 11.4 Å². The molecule has 0 saturated carbocycles. The number of nitrogen functional groups attached to an aromatic ring is 1. The van der Waals surface area contributed by atoms with Gasteiger partial charge in [0.05, 0.1) is 12.2 Å². The Bertz CT molecular complexity index is 757. The quantitative estimate of drug-likeness (QED) is 0.846. The van der Waals surface area contributed by atoms with E-state index in [1.54, 1.807) is 0 Å². The Morgan fingerprint density at radius 3 is 2.57 bits per heavy atom. The zero-order valence-corrected chi connectivity index (χ0v) is 13.7. The van der Waals surface area contributed by atoms with Gasteiger partial charge in [-0.25, -0.2) is 0 Å². The Morgan fingerprint density at radius 2 is 1.91 bits per heavy atom. The van der Waals surface area contributed by atoms with Crippen LogP contribution in [0.15, 0.2) is 59.5 Å². The Morgan fingerprint density at radius 1 is 1.22 bits per heavy atom. The lowest BCUT2D eigenvalue weighted by Gasteiger charge is -2.32. The average Bonchev–Trinajstić information content (AvgIpc) is 2.87. The number of rotatable bonds is 4. The molecule has 0 bridgehead atoms. The van der Waals surface area contributed by atoms with Crippen molar-refractivity contribution < 1.29 is 4.79 Å². The molecule has 0 aromatic heterocycles. The van der Waals surface area contributed by atoms with E-state index >= 15 is 0 Å². The maximum absolute atomic E-state index is 12.6. The van der Waals surface area contributed by atoms with Gasteiger partial charge in [-0.15, -0.1) is 0 Å². The normalized spacial score (nSPS) is 20.0. The van der Waals surface area contributed by atoms with Crippen molar-refractivity contribution in [3.8, 4) is 0 Å². The smallest absolute Gasteiger partial charge is 0.186 e. The Balaban J connectivity index is 1.99. The largest absolute Gasteiger partial charge is 0.399 e. The second-order valence-corrected chi connectivity index (χ2v) is 6.72. The van der Waals surface area contributed by atoms with E-state index in [9.17, 15) is 4.79 Å². The first-order valence-corrected chi connectivity index (χ1v) is 8.18. The molecule has 5 heteroatoms.